The molecular formula is C23H27N7O4. The van der Waals surface area contributed by atoms with E-state index in [-0.39, 0.29) is 18.6 Å². The standard InChI is InChI=1S/C23H27N7O4/c1-14-15(2)29(12-17-6-5-9-34-17)23(18(14)11-24)25-21(31)13-30-27-22(26-28-30)16-7-8-19(32-3)20(10-16)33-4/h7-8,10,17H,5-6,9,12-13H2,1-4H3,(H,25,31)/t17-/m1/s1. The SMILES string of the molecule is COc1ccc(-c2nnn(CC(=O)Nc3c(C#N)c(C)c(C)n3C[C@H]3CCCO3)n2)cc1OC. The summed E-state index contributed by atoms with van der Waals surface area (Å²) >= 11 is 0. The van der Waals surface area contributed by atoms with Crippen LogP contribution in [0, 0.1) is 25.2 Å². The maximum Gasteiger partial charge on any atom is 0.249 e. The third kappa shape index (κ3) is 4.58. The first kappa shape index (κ1) is 23.3. The Morgan fingerprint density at radius 3 is 2.76 bits per heavy atom. The van der Waals surface area contributed by atoms with Crippen LogP contribution in [0.3, 0.4) is 0 Å². The van der Waals surface area contributed by atoms with Crippen LogP contribution in [-0.2, 0) is 22.6 Å². The Bertz CT molecular complexity index is 1230. The van der Waals surface area contributed by atoms with E-state index < -0.39 is 0 Å². The maximum absolute atomic E-state index is 12.9. The van der Waals surface area contributed by atoms with E-state index in [2.05, 4.69) is 26.8 Å². The summed E-state index contributed by atoms with van der Waals surface area (Å²) in [4.78, 5) is 14.1. The quantitative estimate of drug-likeness (QED) is 0.537. The van der Waals surface area contributed by atoms with Gasteiger partial charge in [0.2, 0.25) is 11.7 Å². The van der Waals surface area contributed by atoms with Crippen molar-refractivity contribution in [2.24, 2.45) is 0 Å². The average molecular weight is 466 g/mol. The Morgan fingerprint density at radius 1 is 1.29 bits per heavy atom. The van der Waals surface area contributed by atoms with Crippen LogP contribution in [0.25, 0.3) is 11.4 Å². The van der Waals surface area contributed by atoms with Gasteiger partial charge in [-0.25, -0.2) is 0 Å². The number of aromatic nitrogens is 5. The van der Waals surface area contributed by atoms with Crippen molar-refractivity contribution in [2.45, 2.75) is 45.9 Å². The highest BCUT2D eigenvalue weighted by molar-refractivity contribution is 5.91. The highest BCUT2D eigenvalue weighted by Crippen LogP contribution is 2.31. The van der Waals surface area contributed by atoms with Crippen LogP contribution in [0.15, 0.2) is 18.2 Å². The van der Waals surface area contributed by atoms with Crippen molar-refractivity contribution >= 4 is 11.7 Å². The highest BCUT2D eigenvalue weighted by Gasteiger charge is 2.24. The molecule has 1 aliphatic heterocycles. The molecular weight excluding hydrogens is 438 g/mol. The molecule has 3 aromatic rings. The van der Waals surface area contributed by atoms with Crippen molar-refractivity contribution in [1.82, 2.24) is 24.8 Å². The Hall–Kier alpha value is -3.91. The number of tetrazole rings is 1. The van der Waals surface area contributed by atoms with E-state index in [4.69, 9.17) is 14.2 Å². The third-order valence-electron chi connectivity index (χ3n) is 5.99. The number of ether oxygens (including phenoxy) is 3. The molecule has 0 saturated carbocycles. The number of nitrogens with one attached hydrogen (secondary N) is 1. The number of carbonyl (C=O) groups is 1. The van der Waals surface area contributed by atoms with Crippen LogP contribution in [0.2, 0.25) is 0 Å². The van der Waals surface area contributed by atoms with Gasteiger partial charge in [-0.2, -0.15) is 10.1 Å². The minimum Gasteiger partial charge on any atom is -0.493 e. The molecule has 1 aliphatic rings. The molecule has 3 heterocycles. The molecule has 11 heteroatoms. The van der Waals surface area contributed by atoms with E-state index in [1.54, 1.807) is 32.4 Å². The lowest BCUT2D eigenvalue weighted by Crippen LogP contribution is -2.24. The Balaban J connectivity index is 1.51. The van der Waals surface area contributed by atoms with Crippen molar-refractivity contribution in [1.29, 1.82) is 5.26 Å². The molecule has 2 aromatic heterocycles. The number of rotatable bonds is 8. The summed E-state index contributed by atoms with van der Waals surface area (Å²) < 4.78 is 18.3. The fraction of sp³-hybridized carbons (Fsp3) is 0.435. The van der Waals surface area contributed by atoms with Gasteiger partial charge in [-0.05, 0) is 55.7 Å². The molecule has 1 fully saturated rings. The van der Waals surface area contributed by atoms with Gasteiger partial charge in [-0.15, -0.1) is 10.2 Å². The Labute approximate surface area is 197 Å². The van der Waals surface area contributed by atoms with E-state index in [1.165, 1.54) is 4.80 Å². The minimum absolute atomic E-state index is 0.0636. The van der Waals surface area contributed by atoms with Gasteiger partial charge in [0, 0.05) is 17.9 Å². The van der Waals surface area contributed by atoms with E-state index >= 15 is 0 Å². The molecule has 1 saturated heterocycles. The summed E-state index contributed by atoms with van der Waals surface area (Å²) in [5.74, 6) is 1.58. The molecule has 0 unspecified atom stereocenters. The first-order chi connectivity index (χ1) is 16.4. The number of anilines is 1. The lowest BCUT2D eigenvalue weighted by molar-refractivity contribution is -0.117. The molecule has 11 nitrogen and oxygen atoms in total. The lowest BCUT2D eigenvalue weighted by atomic mass is 10.2. The molecule has 1 N–H and O–H groups in total. The van der Waals surface area contributed by atoms with E-state index in [1.807, 2.05) is 18.4 Å². The topological polar surface area (TPSA) is 129 Å². The van der Waals surface area contributed by atoms with Gasteiger partial charge in [-0.1, -0.05) is 0 Å². The number of hydrogen-bond donors (Lipinski definition) is 1. The van der Waals surface area contributed by atoms with E-state index in [9.17, 15) is 10.1 Å². The van der Waals surface area contributed by atoms with Gasteiger partial charge in [0.1, 0.15) is 18.4 Å². The summed E-state index contributed by atoms with van der Waals surface area (Å²) in [6.45, 7) is 4.97. The first-order valence-electron chi connectivity index (χ1n) is 11.0. The van der Waals surface area contributed by atoms with Crippen LogP contribution in [-0.4, -0.2) is 57.6 Å². The summed E-state index contributed by atoms with van der Waals surface area (Å²) in [5.41, 5.74) is 2.89. The average Bonchev–Trinajstić information content (AvgIpc) is 3.57. The second-order valence-electron chi connectivity index (χ2n) is 8.05. The zero-order valence-corrected chi connectivity index (χ0v) is 19.7. The molecule has 1 aromatic carbocycles. The fourth-order valence-electron chi connectivity index (χ4n) is 4.05. The summed E-state index contributed by atoms with van der Waals surface area (Å²) in [7, 11) is 3.10. The Morgan fingerprint density at radius 2 is 2.09 bits per heavy atom. The van der Waals surface area contributed by atoms with E-state index in [0.717, 1.165) is 30.7 Å². The van der Waals surface area contributed by atoms with Crippen LogP contribution >= 0.6 is 0 Å². The van der Waals surface area contributed by atoms with Crippen molar-refractivity contribution in [3.8, 4) is 29.0 Å². The van der Waals surface area contributed by atoms with Gasteiger partial charge < -0.3 is 24.1 Å². The van der Waals surface area contributed by atoms with Crippen molar-refractivity contribution < 1.29 is 19.0 Å². The summed E-state index contributed by atoms with van der Waals surface area (Å²) in [6, 6.07) is 7.49. The smallest absolute Gasteiger partial charge is 0.249 e. The van der Waals surface area contributed by atoms with Crippen LogP contribution in [0.5, 0.6) is 11.5 Å². The van der Waals surface area contributed by atoms with Crippen molar-refractivity contribution in [3.05, 3.63) is 35.0 Å². The van der Waals surface area contributed by atoms with Gasteiger partial charge in [0.25, 0.3) is 0 Å². The fourth-order valence-corrected chi connectivity index (χ4v) is 4.05. The number of nitrogens with zero attached hydrogens (tertiary/aromatic N) is 6. The maximum atomic E-state index is 12.9. The molecule has 178 valence electrons. The number of methoxy groups -OCH3 is 2. The van der Waals surface area contributed by atoms with Crippen LogP contribution < -0.4 is 14.8 Å². The number of carbonyl (C=O) groups excluding carboxylic acids is 1. The van der Waals surface area contributed by atoms with E-state index in [0.29, 0.717) is 40.8 Å². The lowest BCUT2D eigenvalue weighted by Gasteiger charge is -2.16. The highest BCUT2D eigenvalue weighted by atomic mass is 16.5. The van der Waals surface area contributed by atoms with Crippen molar-refractivity contribution in [2.75, 3.05) is 26.1 Å². The zero-order valence-electron chi connectivity index (χ0n) is 19.7. The summed E-state index contributed by atoms with van der Waals surface area (Å²) in [5, 5.41) is 24.9. The molecule has 1 amide bonds. The largest absolute Gasteiger partial charge is 0.493 e. The van der Waals surface area contributed by atoms with Crippen LogP contribution in [0.4, 0.5) is 5.82 Å². The molecule has 0 bridgehead atoms. The predicted octanol–water partition coefficient (Wildman–Crippen LogP) is 2.47. The number of amides is 1. The predicted molar refractivity (Wildman–Crippen MR) is 123 cm³/mol. The molecule has 34 heavy (non-hydrogen) atoms. The van der Waals surface area contributed by atoms with Gasteiger partial charge >= 0.3 is 0 Å². The number of benzene rings is 1. The van der Waals surface area contributed by atoms with Crippen LogP contribution in [0.1, 0.15) is 29.7 Å². The molecule has 0 spiro atoms. The minimum atomic E-state index is -0.362. The monoisotopic (exact) mass is 465 g/mol. The first-order valence-corrected chi connectivity index (χ1v) is 11.0. The zero-order chi connectivity index (χ0) is 24.2. The van der Waals surface area contributed by atoms with Crippen molar-refractivity contribution in [3.63, 3.8) is 0 Å². The van der Waals surface area contributed by atoms with Gasteiger partial charge in [0.15, 0.2) is 11.5 Å². The molecule has 0 aliphatic carbocycles. The Kier molecular flexibility index (Phi) is 6.79. The second kappa shape index (κ2) is 9.93. The number of nitriles is 1. The normalized spacial score (nSPS) is 15.2. The van der Waals surface area contributed by atoms with Gasteiger partial charge in [0.05, 0.1) is 32.4 Å². The molecule has 1 atom stereocenters. The molecule has 0 radical (unpaired) electrons. The second-order valence-corrected chi connectivity index (χ2v) is 8.05. The molecule has 4 rings (SSSR count). The summed E-state index contributed by atoms with van der Waals surface area (Å²) in [6.07, 6.45) is 2.03. The third-order valence-corrected chi connectivity index (χ3v) is 5.99. The number of hydrogen-bond acceptors (Lipinski definition) is 8. The van der Waals surface area contributed by atoms with Gasteiger partial charge in [-0.3, -0.25) is 4.79 Å².